The Morgan fingerprint density at radius 3 is 2.36 bits per heavy atom. The summed E-state index contributed by atoms with van der Waals surface area (Å²) in [6, 6.07) is 7.49. The average Bonchev–Trinajstić information content (AvgIpc) is 2.64. The normalized spacial score (nSPS) is 12.2. The maximum atomic E-state index is 12.3. The van der Waals surface area contributed by atoms with Gasteiger partial charge in [-0.3, -0.25) is 4.79 Å². The minimum Gasteiger partial charge on any atom is -0.493 e. The Balaban J connectivity index is 2.01. The lowest BCUT2D eigenvalue weighted by Crippen LogP contribution is -2.28. The largest absolute Gasteiger partial charge is 0.573 e. The van der Waals surface area contributed by atoms with Crippen LogP contribution in [0, 0.1) is 0 Å². The predicted molar refractivity (Wildman–Crippen MR) is 95.0 cm³/mol. The molecule has 1 atom stereocenters. The van der Waals surface area contributed by atoms with Gasteiger partial charge in [0, 0.05) is 12.1 Å². The quantitative estimate of drug-likeness (QED) is 0.715. The van der Waals surface area contributed by atoms with Crippen LogP contribution in [-0.2, 0) is 0 Å². The summed E-state index contributed by atoms with van der Waals surface area (Å²) < 4.78 is 50.4. The number of carbonyl (C=O) groups is 1. The Morgan fingerprint density at radius 1 is 1.18 bits per heavy atom. The van der Waals surface area contributed by atoms with Crippen LogP contribution in [0.25, 0.3) is 0 Å². The molecule has 0 spiro atoms. The van der Waals surface area contributed by atoms with Gasteiger partial charge in [0.15, 0.2) is 11.5 Å². The fourth-order valence-electron chi connectivity index (χ4n) is 2.35. The van der Waals surface area contributed by atoms with Crippen molar-refractivity contribution in [3.8, 4) is 17.2 Å². The Labute approximate surface area is 163 Å². The molecule has 0 aliphatic heterocycles. The van der Waals surface area contributed by atoms with E-state index < -0.39 is 24.1 Å². The molecule has 2 rings (SSSR count). The Hall–Kier alpha value is -2.65. The number of ether oxygens (including phenoxy) is 3. The maximum absolute atomic E-state index is 12.3. The number of rotatable bonds is 7. The molecule has 0 aliphatic rings. The van der Waals surface area contributed by atoms with Crippen molar-refractivity contribution in [1.82, 2.24) is 5.32 Å². The number of aliphatic hydroxyl groups excluding tert-OH is 1. The zero-order valence-corrected chi connectivity index (χ0v) is 15.6. The van der Waals surface area contributed by atoms with Gasteiger partial charge >= 0.3 is 6.36 Å². The summed E-state index contributed by atoms with van der Waals surface area (Å²) in [4.78, 5) is 12.3. The first-order chi connectivity index (χ1) is 13.1. The molecule has 0 aromatic heterocycles. The molecular formula is C18H17ClF3NO5. The number of nitrogens with one attached hydrogen (secondary N) is 1. The van der Waals surface area contributed by atoms with Crippen LogP contribution in [0.5, 0.6) is 17.2 Å². The minimum absolute atomic E-state index is 0.174. The third kappa shape index (κ3) is 5.67. The Morgan fingerprint density at radius 2 is 1.82 bits per heavy atom. The molecule has 0 aliphatic carbocycles. The SMILES string of the molecule is COc1cc(C(=O)NCC(O)c2ccc(OC(F)(F)F)cc2)cc(Cl)c1OC. The summed E-state index contributed by atoms with van der Waals surface area (Å²) in [5.74, 6) is -0.394. The second kappa shape index (κ2) is 9.03. The van der Waals surface area contributed by atoms with Crippen LogP contribution in [0.15, 0.2) is 36.4 Å². The van der Waals surface area contributed by atoms with Gasteiger partial charge in [-0.25, -0.2) is 0 Å². The second-order valence-corrected chi connectivity index (χ2v) is 5.94. The highest BCUT2D eigenvalue weighted by Crippen LogP contribution is 2.36. The molecule has 1 amide bonds. The lowest BCUT2D eigenvalue weighted by molar-refractivity contribution is -0.274. The molecule has 2 aromatic rings. The first-order valence-corrected chi connectivity index (χ1v) is 8.26. The molecule has 0 fully saturated rings. The number of amides is 1. The van der Waals surface area contributed by atoms with Gasteiger partial charge in [-0.1, -0.05) is 23.7 Å². The molecule has 2 aromatic carbocycles. The van der Waals surface area contributed by atoms with Crippen molar-refractivity contribution in [3.63, 3.8) is 0 Å². The monoisotopic (exact) mass is 419 g/mol. The summed E-state index contributed by atoms with van der Waals surface area (Å²) in [7, 11) is 2.80. The van der Waals surface area contributed by atoms with E-state index in [4.69, 9.17) is 21.1 Å². The molecule has 2 N–H and O–H groups in total. The number of benzene rings is 2. The van der Waals surface area contributed by atoms with Crippen LogP contribution >= 0.6 is 11.6 Å². The zero-order chi connectivity index (χ0) is 20.9. The second-order valence-electron chi connectivity index (χ2n) is 5.54. The van der Waals surface area contributed by atoms with Gasteiger partial charge < -0.3 is 24.6 Å². The van der Waals surface area contributed by atoms with Crippen LogP contribution in [0.4, 0.5) is 13.2 Å². The van der Waals surface area contributed by atoms with Crippen molar-refractivity contribution < 1.29 is 37.3 Å². The number of halogens is 4. The van der Waals surface area contributed by atoms with Gasteiger partial charge in [-0.2, -0.15) is 0 Å². The summed E-state index contributed by atoms with van der Waals surface area (Å²) in [6.45, 7) is -0.176. The first kappa shape index (κ1) is 21.6. The molecule has 0 saturated carbocycles. The third-order valence-corrected chi connectivity index (χ3v) is 3.93. The topological polar surface area (TPSA) is 77.0 Å². The van der Waals surface area contributed by atoms with E-state index in [1.807, 2.05) is 0 Å². The predicted octanol–water partition coefficient (Wildman–Crippen LogP) is 3.72. The van der Waals surface area contributed by atoms with Gasteiger partial charge in [0.05, 0.1) is 25.3 Å². The van der Waals surface area contributed by atoms with E-state index in [0.717, 1.165) is 12.1 Å². The van der Waals surface area contributed by atoms with Crippen molar-refractivity contribution in [3.05, 3.63) is 52.5 Å². The van der Waals surface area contributed by atoms with E-state index in [1.165, 1.54) is 38.5 Å². The van der Waals surface area contributed by atoms with E-state index in [2.05, 4.69) is 10.1 Å². The number of hydrogen-bond donors (Lipinski definition) is 2. The van der Waals surface area contributed by atoms with E-state index >= 15 is 0 Å². The van der Waals surface area contributed by atoms with Crippen molar-refractivity contribution in [1.29, 1.82) is 0 Å². The average molecular weight is 420 g/mol. The number of aliphatic hydroxyl groups is 1. The van der Waals surface area contributed by atoms with Crippen molar-refractivity contribution in [2.75, 3.05) is 20.8 Å². The highest BCUT2D eigenvalue weighted by atomic mass is 35.5. The van der Waals surface area contributed by atoms with Gasteiger partial charge in [0.1, 0.15) is 5.75 Å². The van der Waals surface area contributed by atoms with Gasteiger partial charge in [-0.15, -0.1) is 13.2 Å². The molecule has 0 heterocycles. The standard InChI is InChI=1S/C18H17ClF3NO5/c1-26-15-8-11(7-13(19)16(15)27-2)17(25)23-9-14(24)10-3-5-12(6-4-10)28-18(20,21)22/h3-8,14,24H,9H2,1-2H3,(H,23,25). The molecule has 28 heavy (non-hydrogen) atoms. The smallest absolute Gasteiger partial charge is 0.493 e. The summed E-state index contributed by atoms with van der Waals surface area (Å²) in [6.07, 6.45) is -5.94. The summed E-state index contributed by atoms with van der Waals surface area (Å²) in [5.41, 5.74) is 0.490. The van der Waals surface area contributed by atoms with Crippen molar-refractivity contribution in [2.24, 2.45) is 0 Å². The zero-order valence-electron chi connectivity index (χ0n) is 14.8. The number of carbonyl (C=O) groups excluding carboxylic acids is 1. The van der Waals surface area contributed by atoms with Crippen LogP contribution in [0.2, 0.25) is 5.02 Å². The van der Waals surface area contributed by atoms with Crippen LogP contribution in [0.3, 0.4) is 0 Å². The van der Waals surface area contributed by atoms with Gasteiger partial charge in [-0.05, 0) is 29.8 Å². The number of methoxy groups -OCH3 is 2. The van der Waals surface area contributed by atoms with E-state index in [1.54, 1.807) is 0 Å². The fourth-order valence-corrected chi connectivity index (χ4v) is 2.64. The lowest BCUT2D eigenvalue weighted by atomic mass is 10.1. The van der Waals surface area contributed by atoms with Crippen LogP contribution < -0.4 is 19.5 Å². The molecular weight excluding hydrogens is 403 g/mol. The first-order valence-electron chi connectivity index (χ1n) is 7.88. The molecule has 0 radical (unpaired) electrons. The fraction of sp³-hybridized carbons (Fsp3) is 0.278. The summed E-state index contributed by atoms with van der Waals surface area (Å²) in [5, 5.41) is 12.8. The van der Waals surface area contributed by atoms with Crippen molar-refractivity contribution in [2.45, 2.75) is 12.5 Å². The number of alkyl halides is 3. The molecule has 0 bridgehead atoms. The highest BCUT2D eigenvalue weighted by molar-refractivity contribution is 6.32. The molecule has 10 heteroatoms. The third-order valence-electron chi connectivity index (χ3n) is 3.65. The van der Waals surface area contributed by atoms with Gasteiger partial charge in [0.25, 0.3) is 5.91 Å². The van der Waals surface area contributed by atoms with E-state index in [0.29, 0.717) is 5.56 Å². The van der Waals surface area contributed by atoms with E-state index in [-0.39, 0.29) is 28.6 Å². The maximum Gasteiger partial charge on any atom is 0.573 e. The highest BCUT2D eigenvalue weighted by Gasteiger charge is 2.31. The van der Waals surface area contributed by atoms with E-state index in [9.17, 15) is 23.1 Å². The molecule has 1 unspecified atom stereocenters. The number of hydrogen-bond acceptors (Lipinski definition) is 5. The van der Waals surface area contributed by atoms with Crippen molar-refractivity contribution >= 4 is 17.5 Å². The Kier molecular flexibility index (Phi) is 6.98. The van der Waals surface area contributed by atoms with Gasteiger partial charge in [0.2, 0.25) is 0 Å². The molecule has 0 saturated heterocycles. The van der Waals surface area contributed by atoms with Crippen LogP contribution in [-0.4, -0.2) is 38.1 Å². The Bertz CT molecular complexity index is 827. The lowest BCUT2D eigenvalue weighted by Gasteiger charge is -2.15. The minimum atomic E-state index is -4.80. The molecule has 6 nitrogen and oxygen atoms in total. The van der Waals surface area contributed by atoms with Crippen LogP contribution in [0.1, 0.15) is 22.0 Å². The summed E-state index contributed by atoms with van der Waals surface area (Å²) >= 11 is 6.05. The molecule has 152 valence electrons.